The Morgan fingerprint density at radius 1 is 1.04 bits per heavy atom. The van der Waals surface area contributed by atoms with E-state index >= 15 is 0 Å². The maximum Gasteiger partial charge on any atom is 0.319 e. The fraction of sp³-hybridized carbons (Fsp3) is 0.636. The zero-order chi connectivity index (χ0) is 19.0. The van der Waals surface area contributed by atoms with Crippen LogP contribution in [-0.4, -0.2) is 24.5 Å². The Balaban J connectivity index is 1.34. The summed E-state index contributed by atoms with van der Waals surface area (Å²) in [6.45, 7) is 4.77. The molecule has 5 heteroatoms. The second kappa shape index (κ2) is 7.53. The van der Waals surface area contributed by atoms with Crippen molar-refractivity contribution >= 4 is 17.6 Å². The van der Waals surface area contributed by atoms with E-state index in [1.165, 1.54) is 32.1 Å². The van der Waals surface area contributed by atoms with Crippen molar-refractivity contribution in [3.63, 3.8) is 0 Å². The second-order valence-corrected chi connectivity index (χ2v) is 9.24. The zero-order valence-electron chi connectivity index (χ0n) is 16.3. The van der Waals surface area contributed by atoms with Crippen LogP contribution in [0, 0.1) is 29.6 Å². The molecule has 4 fully saturated rings. The number of carbonyl (C=O) groups excluding carboxylic acids is 2. The number of nitrogens with one attached hydrogen (secondary N) is 3. The lowest BCUT2D eigenvalue weighted by atomic mass is 9.54. The predicted molar refractivity (Wildman–Crippen MR) is 107 cm³/mol. The highest BCUT2D eigenvalue weighted by molar-refractivity contribution is 5.96. The highest BCUT2D eigenvalue weighted by Gasteiger charge is 2.48. The number of hydrogen-bond donors (Lipinski definition) is 3. The van der Waals surface area contributed by atoms with Crippen molar-refractivity contribution in [3.05, 3.63) is 29.8 Å². The zero-order valence-corrected chi connectivity index (χ0v) is 16.3. The number of urea groups is 1. The van der Waals surface area contributed by atoms with E-state index in [9.17, 15) is 9.59 Å². The third-order valence-electron chi connectivity index (χ3n) is 6.58. The normalized spacial score (nSPS) is 31.0. The van der Waals surface area contributed by atoms with E-state index in [1.807, 2.05) is 12.1 Å². The minimum Gasteiger partial charge on any atom is -0.352 e. The molecule has 1 aromatic carbocycles. The van der Waals surface area contributed by atoms with Gasteiger partial charge >= 0.3 is 6.03 Å². The van der Waals surface area contributed by atoms with Gasteiger partial charge in [-0.3, -0.25) is 4.79 Å². The minimum absolute atomic E-state index is 0.103. The molecule has 0 saturated heterocycles. The topological polar surface area (TPSA) is 70.2 Å². The molecular formula is C22H31N3O2. The molecule has 0 heterocycles. The van der Waals surface area contributed by atoms with Crippen molar-refractivity contribution in [3.8, 4) is 0 Å². The van der Waals surface area contributed by atoms with Crippen LogP contribution >= 0.6 is 0 Å². The highest BCUT2D eigenvalue weighted by Crippen LogP contribution is 2.53. The van der Waals surface area contributed by atoms with Crippen LogP contribution in [0.1, 0.15) is 56.3 Å². The SMILES string of the molecule is CC(C)CNC(=O)c1cccc(NC(=O)NC2C3CC4CC(C3)CC2C4)c1. The number of amides is 3. The average Bonchev–Trinajstić information content (AvgIpc) is 2.62. The van der Waals surface area contributed by atoms with Crippen molar-refractivity contribution in [1.29, 1.82) is 0 Å². The summed E-state index contributed by atoms with van der Waals surface area (Å²) in [5, 5.41) is 9.09. The van der Waals surface area contributed by atoms with Crippen LogP contribution in [0.5, 0.6) is 0 Å². The summed E-state index contributed by atoms with van der Waals surface area (Å²) >= 11 is 0. The first-order valence-corrected chi connectivity index (χ1v) is 10.4. The van der Waals surface area contributed by atoms with E-state index in [2.05, 4.69) is 29.8 Å². The fourth-order valence-corrected chi connectivity index (χ4v) is 5.62. The van der Waals surface area contributed by atoms with Crippen LogP contribution in [0.3, 0.4) is 0 Å². The van der Waals surface area contributed by atoms with E-state index in [-0.39, 0.29) is 11.9 Å². The number of benzene rings is 1. The maximum absolute atomic E-state index is 12.6. The molecule has 0 unspecified atom stereocenters. The molecule has 0 aliphatic heterocycles. The standard InChI is InChI=1S/C22H31N3O2/c1-13(2)12-23-21(26)16-4-3-5-19(11-16)24-22(27)25-20-17-7-14-6-15(9-17)10-18(20)8-14/h3-5,11,13-15,17-18,20H,6-10,12H2,1-2H3,(H,23,26)(H2,24,25,27). The molecule has 5 nitrogen and oxygen atoms in total. The van der Waals surface area contributed by atoms with Crippen molar-refractivity contribution < 1.29 is 9.59 Å². The summed E-state index contributed by atoms with van der Waals surface area (Å²) in [6, 6.07) is 7.32. The van der Waals surface area contributed by atoms with E-state index in [1.54, 1.807) is 12.1 Å². The van der Waals surface area contributed by atoms with Gasteiger partial charge in [-0.2, -0.15) is 0 Å². The Hall–Kier alpha value is -2.04. The average molecular weight is 370 g/mol. The van der Waals surface area contributed by atoms with Gasteiger partial charge in [-0.1, -0.05) is 19.9 Å². The van der Waals surface area contributed by atoms with Crippen LogP contribution in [0.15, 0.2) is 24.3 Å². The predicted octanol–water partition coefficient (Wildman–Crippen LogP) is 4.02. The lowest BCUT2D eigenvalue weighted by molar-refractivity contribution is -0.00883. The lowest BCUT2D eigenvalue weighted by Crippen LogP contribution is -2.56. The molecular weight excluding hydrogens is 338 g/mol. The van der Waals surface area contributed by atoms with E-state index in [0.717, 1.165) is 11.8 Å². The first kappa shape index (κ1) is 18.3. The van der Waals surface area contributed by atoms with Gasteiger partial charge in [0.1, 0.15) is 0 Å². The molecule has 0 atom stereocenters. The third kappa shape index (κ3) is 4.12. The second-order valence-electron chi connectivity index (χ2n) is 9.24. The summed E-state index contributed by atoms with van der Waals surface area (Å²) in [6.07, 6.45) is 6.54. The minimum atomic E-state index is -0.146. The molecule has 4 aliphatic carbocycles. The Kier molecular flexibility index (Phi) is 5.11. The largest absolute Gasteiger partial charge is 0.352 e. The van der Waals surface area contributed by atoms with Crippen molar-refractivity contribution in [1.82, 2.24) is 10.6 Å². The quantitative estimate of drug-likeness (QED) is 0.734. The molecule has 5 rings (SSSR count). The summed E-state index contributed by atoms with van der Waals surface area (Å²) in [4.78, 5) is 24.8. The van der Waals surface area contributed by atoms with Crippen molar-refractivity contribution in [2.24, 2.45) is 29.6 Å². The first-order chi connectivity index (χ1) is 13.0. The molecule has 4 bridgehead atoms. The Morgan fingerprint density at radius 2 is 1.70 bits per heavy atom. The number of anilines is 1. The lowest BCUT2D eigenvalue weighted by Gasteiger charge is -2.54. The summed E-state index contributed by atoms with van der Waals surface area (Å²) in [5.41, 5.74) is 1.23. The van der Waals surface area contributed by atoms with Crippen LogP contribution in [0.25, 0.3) is 0 Å². The summed E-state index contributed by atoms with van der Waals surface area (Å²) in [5.74, 6) is 3.40. The van der Waals surface area contributed by atoms with E-state index in [0.29, 0.717) is 41.6 Å². The molecule has 1 aromatic rings. The molecule has 0 aromatic heterocycles. The van der Waals surface area contributed by atoms with E-state index < -0.39 is 0 Å². The number of rotatable bonds is 5. The van der Waals surface area contributed by atoms with Gasteiger partial charge in [0.15, 0.2) is 0 Å². The van der Waals surface area contributed by atoms with E-state index in [4.69, 9.17) is 0 Å². The Morgan fingerprint density at radius 3 is 2.33 bits per heavy atom. The highest BCUT2D eigenvalue weighted by atomic mass is 16.2. The van der Waals surface area contributed by atoms with Gasteiger partial charge in [0.25, 0.3) is 5.91 Å². The molecule has 3 amide bonds. The summed E-state index contributed by atoms with van der Waals surface area (Å²) < 4.78 is 0. The van der Waals surface area contributed by atoms with Gasteiger partial charge in [-0.15, -0.1) is 0 Å². The molecule has 3 N–H and O–H groups in total. The fourth-order valence-electron chi connectivity index (χ4n) is 5.62. The first-order valence-electron chi connectivity index (χ1n) is 10.4. The van der Waals surface area contributed by atoms with Crippen molar-refractivity contribution in [2.75, 3.05) is 11.9 Å². The Bertz CT molecular complexity index is 687. The number of carbonyl (C=O) groups is 2. The Labute approximate surface area is 161 Å². The van der Waals surface area contributed by atoms with Gasteiger partial charge in [0.2, 0.25) is 0 Å². The van der Waals surface area contributed by atoms with Crippen LogP contribution in [-0.2, 0) is 0 Å². The van der Waals surface area contributed by atoms with Gasteiger partial charge in [-0.05, 0) is 79.9 Å². The van der Waals surface area contributed by atoms with Gasteiger partial charge < -0.3 is 16.0 Å². The third-order valence-corrected chi connectivity index (χ3v) is 6.58. The van der Waals surface area contributed by atoms with Crippen LogP contribution < -0.4 is 16.0 Å². The molecule has 4 saturated carbocycles. The van der Waals surface area contributed by atoms with Gasteiger partial charge in [0.05, 0.1) is 0 Å². The van der Waals surface area contributed by atoms with Crippen LogP contribution in [0.2, 0.25) is 0 Å². The van der Waals surface area contributed by atoms with Crippen molar-refractivity contribution in [2.45, 2.75) is 52.0 Å². The smallest absolute Gasteiger partial charge is 0.319 e. The monoisotopic (exact) mass is 369 g/mol. The molecule has 0 spiro atoms. The maximum atomic E-state index is 12.6. The van der Waals surface area contributed by atoms with Gasteiger partial charge in [-0.25, -0.2) is 4.79 Å². The molecule has 0 radical (unpaired) electrons. The summed E-state index contributed by atoms with van der Waals surface area (Å²) in [7, 11) is 0. The number of hydrogen-bond acceptors (Lipinski definition) is 2. The van der Waals surface area contributed by atoms with Gasteiger partial charge in [0, 0.05) is 23.8 Å². The molecule has 27 heavy (non-hydrogen) atoms. The molecule has 146 valence electrons. The molecule has 4 aliphatic rings. The van der Waals surface area contributed by atoms with Crippen LogP contribution in [0.4, 0.5) is 10.5 Å².